The number of pyridine rings is 1. The van der Waals surface area contributed by atoms with Crippen LogP contribution >= 0.6 is 0 Å². The molecule has 1 amide bonds. The van der Waals surface area contributed by atoms with Crippen molar-refractivity contribution in [2.24, 2.45) is 5.92 Å². The molecule has 2 heterocycles. The average molecular weight is 258 g/mol. The Kier molecular flexibility index (Phi) is 4.53. The molecule has 1 aliphatic rings. The Bertz CT molecular complexity index is 516. The van der Waals surface area contributed by atoms with Gasteiger partial charge in [-0.15, -0.1) is 0 Å². The van der Waals surface area contributed by atoms with Crippen LogP contribution in [0.5, 0.6) is 0 Å². The second-order valence-corrected chi connectivity index (χ2v) is 4.84. The molecule has 1 fully saturated rings. The van der Waals surface area contributed by atoms with Crippen LogP contribution in [0.25, 0.3) is 0 Å². The molecule has 1 aromatic rings. The number of carbonyl (C=O) groups is 1. The van der Waals surface area contributed by atoms with E-state index < -0.39 is 0 Å². The topological polar surface area (TPSA) is 53.4 Å². The molecule has 100 valence electrons. The standard InChI is InChI=1S/C15H18N2O2/c1-12-6-8-17(11-12)15(19)14-5-7-16-10-13(14)4-2-3-9-18/h5,7,10,12,18H,3,6,8-9,11H2,1H3. The Morgan fingerprint density at radius 1 is 1.63 bits per heavy atom. The van der Waals surface area contributed by atoms with Crippen molar-refractivity contribution in [3.05, 3.63) is 29.6 Å². The molecular weight excluding hydrogens is 240 g/mol. The maximum absolute atomic E-state index is 12.4. The lowest BCUT2D eigenvalue weighted by Gasteiger charge is -2.16. The Morgan fingerprint density at radius 2 is 2.47 bits per heavy atom. The third-order valence-electron chi connectivity index (χ3n) is 3.22. The van der Waals surface area contributed by atoms with Gasteiger partial charge in [0.05, 0.1) is 17.7 Å². The fraction of sp³-hybridized carbons (Fsp3) is 0.467. The van der Waals surface area contributed by atoms with E-state index in [1.54, 1.807) is 18.5 Å². The monoisotopic (exact) mass is 258 g/mol. The van der Waals surface area contributed by atoms with Crippen molar-refractivity contribution < 1.29 is 9.90 Å². The highest BCUT2D eigenvalue weighted by molar-refractivity contribution is 5.96. The molecule has 1 unspecified atom stereocenters. The molecule has 0 spiro atoms. The lowest BCUT2D eigenvalue weighted by molar-refractivity contribution is 0.0787. The summed E-state index contributed by atoms with van der Waals surface area (Å²) in [6, 6.07) is 1.72. The van der Waals surface area contributed by atoms with Gasteiger partial charge in [-0.1, -0.05) is 18.8 Å². The van der Waals surface area contributed by atoms with Gasteiger partial charge in [0.2, 0.25) is 0 Å². The van der Waals surface area contributed by atoms with Crippen LogP contribution in [-0.2, 0) is 0 Å². The highest BCUT2D eigenvalue weighted by atomic mass is 16.2. The molecule has 1 saturated heterocycles. The zero-order chi connectivity index (χ0) is 13.7. The number of aliphatic hydroxyl groups excluding tert-OH is 1. The number of rotatable bonds is 2. The molecular formula is C15H18N2O2. The van der Waals surface area contributed by atoms with E-state index in [0.29, 0.717) is 23.5 Å². The zero-order valence-electron chi connectivity index (χ0n) is 11.1. The van der Waals surface area contributed by atoms with Crippen molar-refractivity contribution >= 4 is 5.91 Å². The van der Waals surface area contributed by atoms with E-state index in [4.69, 9.17) is 5.11 Å². The molecule has 1 aliphatic heterocycles. The van der Waals surface area contributed by atoms with Gasteiger partial charge in [-0.2, -0.15) is 0 Å². The summed E-state index contributed by atoms with van der Waals surface area (Å²) in [7, 11) is 0. The quantitative estimate of drug-likeness (QED) is 0.813. The van der Waals surface area contributed by atoms with Gasteiger partial charge >= 0.3 is 0 Å². The fourth-order valence-corrected chi connectivity index (χ4v) is 2.18. The number of hydrogen-bond acceptors (Lipinski definition) is 3. The molecule has 4 nitrogen and oxygen atoms in total. The van der Waals surface area contributed by atoms with Gasteiger partial charge in [0, 0.05) is 31.9 Å². The van der Waals surface area contributed by atoms with Crippen LogP contribution in [0.4, 0.5) is 0 Å². The molecule has 1 N–H and O–H groups in total. The highest BCUT2D eigenvalue weighted by Gasteiger charge is 2.25. The first-order chi connectivity index (χ1) is 9.22. The number of likely N-dealkylation sites (tertiary alicyclic amines) is 1. The second-order valence-electron chi connectivity index (χ2n) is 4.84. The largest absolute Gasteiger partial charge is 0.395 e. The molecule has 0 radical (unpaired) electrons. The number of aromatic nitrogens is 1. The minimum atomic E-state index is 0.0278. The van der Waals surface area contributed by atoms with Crippen LogP contribution in [0.3, 0.4) is 0 Å². The van der Waals surface area contributed by atoms with Gasteiger partial charge < -0.3 is 10.0 Å². The predicted molar refractivity (Wildman–Crippen MR) is 72.5 cm³/mol. The molecule has 0 saturated carbocycles. The van der Waals surface area contributed by atoms with Gasteiger partial charge in [-0.3, -0.25) is 9.78 Å². The van der Waals surface area contributed by atoms with Crippen molar-refractivity contribution in [3.63, 3.8) is 0 Å². The van der Waals surface area contributed by atoms with Crippen molar-refractivity contribution in [2.45, 2.75) is 19.8 Å². The molecule has 1 atom stereocenters. The van der Waals surface area contributed by atoms with Gasteiger partial charge in [0.1, 0.15) is 0 Å². The summed E-state index contributed by atoms with van der Waals surface area (Å²) < 4.78 is 0. The first-order valence-corrected chi connectivity index (χ1v) is 6.55. The van der Waals surface area contributed by atoms with Crippen LogP contribution in [0.2, 0.25) is 0 Å². The SMILES string of the molecule is CC1CCN(C(=O)c2ccncc2C#CCCO)C1. The van der Waals surface area contributed by atoms with Gasteiger partial charge in [0.25, 0.3) is 5.91 Å². The third kappa shape index (κ3) is 3.33. The number of hydrogen-bond donors (Lipinski definition) is 1. The number of carbonyl (C=O) groups excluding carboxylic acids is 1. The summed E-state index contributed by atoms with van der Waals surface area (Å²) >= 11 is 0. The number of nitrogens with zero attached hydrogens (tertiary/aromatic N) is 2. The van der Waals surface area contributed by atoms with Crippen LogP contribution in [-0.4, -0.2) is 40.6 Å². The first kappa shape index (κ1) is 13.6. The van der Waals surface area contributed by atoms with Crippen LogP contribution in [0, 0.1) is 17.8 Å². The number of amides is 1. The van der Waals surface area contributed by atoms with Crippen molar-refractivity contribution in [2.75, 3.05) is 19.7 Å². The second kappa shape index (κ2) is 6.35. The molecule has 19 heavy (non-hydrogen) atoms. The molecule has 0 aromatic carbocycles. The molecule has 0 bridgehead atoms. The molecule has 2 rings (SSSR count). The van der Waals surface area contributed by atoms with E-state index in [9.17, 15) is 4.79 Å². The van der Waals surface area contributed by atoms with Crippen molar-refractivity contribution in [1.29, 1.82) is 0 Å². The van der Waals surface area contributed by atoms with Gasteiger partial charge in [-0.25, -0.2) is 0 Å². The summed E-state index contributed by atoms with van der Waals surface area (Å²) in [5.74, 6) is 6.34. The lowest BCUT2D eigenvalue weighted by atomic mass is 10.1. The van der Waals surface area contributed by atoms with Gasteiger partial charge in [-0.05, 0) is 18.4 Å². The van der Waals surface area contributed by atoms with Crippen LogP contribution < -0.4 is 0 Å². The van der Waals surface area contributed by atoms with E-state index in [2.05, 4.69) is 23.7 Å². The number of aliphatic hydroxyl groups is 1. The van der Waals surface area contributed by atoms with Crippen LogP contribution in [0.1, 0.15) is 35.7 Å². The fourth-order valence-electron chi connectivity index (χ4n) is 2.18. The predicted octanol–water partition coefficient (Wildman–Crippen LogP) is 1.30. The summed E-state index contributed by atoms with van der Waals surface area (Å²) in [5.41, 5.74) is 1.25. The van der Waals surface area contributed by atoms with E-state index in [1.807, 2.05) is 4.90 Å². The minimum absolute atomic E-state index is 0.0278. The lowest BCUT2D eigenvalue weighted by Crippen LogP contribution is -2.29. The summed E-state index contributed by atoms with van der Waals surface area (Å²) in [5, 5.41) is 8.73. The Balaban J connectivity index is 2.20. The van der Waals surface area contributed by atoms with Crippen molar-refractivity contribution in [1.82, 2.24) is 9.88 Å². The maximum atomic E-state index is 12.4. The van der Waals surface area contributed by atoms with Crippen molar-refractivity contribution in [3.8, 4) is 11.8 Å². The van der Waals surface area contributed by atoms with Crippen LogP contribution in [0.15, 0.2) is 18.5 Å². The highest BCUT2D eigenvalue weighted by Crippen LogP contribution is 2.19. The molecule has 0 aliphatic carbocycles. The summed E-state index contributed by atoms with van der Waals surface area (Å²) in [6.07, 6.45) is 4.69. The van der Waals surface area contributed by atoms with E-state index >= 15 is 0 Å². The Hall–Kier alpha value is -1.86. The minimum Gasteiger partial charge on any atom is -0.395 e. The third-order valence-corrected chi connectivity index (χ3v) is 3.22. The van der Waals surface area contributed by atoms with Gasteiger partial charge in [0.15, 0.2) is 0 Å². The zero-order valence-corrected chi connectivity index (χ0v) is 11.1. The first-order valence-electron chi connectivity index (χ1n) is 6.55. The molecule has 4 heteroatoms. The Labute approximate surface area is 113 Å². The average Bonchev–Trinajstić information content (AvgIpc) is 2.85. The van der Waals surface area contributed by atoms with E-state index in [1.165, 1.54) is 0 Å². The smallest absolute Gasteiger partial charge is 0.255 e. The van der Waals surface area contributed by atoms with E-state index in [0.717, 1.165) is 19.5 Å². The maximum Gasteiger partial charge on any atom is 0.255 e. The Morgan fingerprint density at radius 3 is 3.16 bits per heavy atom. The molecule has 1 aromatic heterocycles. The normalized spacial score (nSPS) is 18.0. The van der Waals surface area contributed by atoms with E-state index in [-0.39, 0.29) is 12.5 Å². The summed E-state index contributed by atoms with van der Waals surface area (Å²) in [4.78, 5) is 18.3. The summed E-state index contributed by atoms with van der Waals surface area (Å²) in [6.45, 7) is 3.80.